The molecule has 4 nitrogen and oxygen atoms in total. The largest absolute Gasteiger partial charge is 0.461 e. The lowest BCUT2D eigenvalue weighted by molar-refractivity contribution is 0.101. The number of para-hydroxylation sites is 1. The molecule has 1 atom stereocenters. The van der Waals surface area contributed by atoms with Crippen LogP contribution in [0.3, 0.4) is 0 Å². The van der Waals surface area contributed by atoms with Crippen LogP contribution in [0.4, 0.5) is 0 Å². The van der Waals surface area contributed by atoms with Crippen LogP contribution in [0, 0.1) is 0 Å². The first kappa shape index (κ1) is 13.5. The number of ketones is 1. The normalized spacial score (nSPS) is 12.5. The minimum absolute atomic E-state index is 0.0678. The molecule has 0 spiro atoms. The molecule has 1 unspecified atom stereocenters. The molecule has 2 aromatic heterocycles. The second-order valence-corrected chi connectivity index (χ2v) is 5.16. The summed E-state index contributed by atoms with van der Waals surface area (Å²) in [7, 11) is 0. The molecule has 2 N–H and O–H groups in total. The second kappa shape index (κ2) is 5.50. The zero-order valence-corrected chi connectivity index (χ0v) is 11.7. The number of nitrogens with zero attached hydrogens (tertiary/aromatic N) is 1. The zero-order valence-electron chi connectivity index (χ0n) is 11.7. The predicted molar refractivity (Wildman–Crippen MR) is 81.2 cm³/mol. The van der Waals surface area contributed by atoms with Crippen molar-refractivity contribution in [3.8, 4) is 0 Å². The Morgan fingerprint density at radius 3 is 2.81 bits per heavy atom. The highest BCUT2D eigenvalue weighted by molar-refractivity contribution is 6.09. The first-order valence-electron chi connectivity index (χ1n) is 6.87. The molecule has 1 aromatic carbocycles. The molecule has 0 radical (unpaired) electrons. The maximum atomic E-state index is 12.6. The van der Waals surface area contributed by atoms with Gasteiger partial charge in [-0.2, -0.15) is 0 Å². The molecule has 0 saturated heterocycles. The van der Waals surface area contributed by atoms with Crippen molar-refractivity contribution in [2.45, 2.75) is 19.4 Å². The highest BCUT2D eigenvalue weighted by Gasteiger charge is 2.18. The van der Waals surface area contributed by atoms with Gasteiger partial charge in [0.2, 0.25) is 5.78 Å². The summed E-state index contributed by atoms with van der Waals surface area (Å²) >= 11 is 0. The van der Waals surface area contributed by atoms with Gasteiger partial charge in [0.05, 0.1) is 17.5 Å². The van der Waals surface area contributed by atoms with Crippen molar-refractivity contribution in [2.24, 2.45) is 5.73 Å². The second-order valence-electron chi connectivity index (χ2n) is 5.16. The summed E-state index contributed by atoms with van der Waals surface area (Å²) < 4.78 is 5.21. The molecule has 0 fully saturated rings. The van der Waals surface area contributed by atoms with E-state index in [1.807, 2.05) is 37.3 Å². The summed E-state index contributed by atoms with van der Waals surface area (Å²) in [5.74, 6) is 0.159. The molecule has 3 rings (SSSR count). The summed E-state index contributed by atoms with van der Waals surface area (Å²) in [4.78, 5) is 17.2. The molecule has 0 amide bonds. The van der Waals surface area contributed by atoms with E-state index >= 15 is 0 Å². The lowest BCUT2D eigenvalue weighted by Gasteiger charge is -2.11. The van der Waals surface area contributed by atoms with Crippen molar-refractivity contribution in [1.82, 2.24) is 4.98 Å². The van der Waals surface area contributed by atoms with Crippen molar-refractivity contribution in [1.29, 1.82) is 0 Å². The Morgan fingerprint density at radius 2 is 2.10 bits per heavy atom. The van der Waals surface area contributed by atoms with Crippen LogP contribution < -0.4 is 5.73 Å². The van der Waals surface area contributed by atoms with Crippen molar-refractivity contribution in [3.05, 3.63) is 65.7 Å². The van der Waals surface area contributed by atoms with Crippen LogP contribution in [0.15, 0.2) is 53.1 Å². The lowest BCUT2D eigenvalue weighted by Crippen LogP contribution is -2.21. The SMILES string of the molecule is CC(N)Cc1nc2ccccc2cc1C(=O)c1ccco1. The number of rotatable bonds is 4. The summed E-state index contributed by atoms with van der Waals surface area (Å²) in [5, 5.41) is 0.931. The topological polar surface area (TPSA) is 69.1 Å². The molecule has 0 aliphatic heterocycles. The zero-order chi connectivity index (χ0) is 14.8. The Hall–Kier alpha value is -2.46. The van der Waals surface area contributed by atoms with Gasteiger partial charge in [0.1, 0.15) is 0 Å². The first-order chi connectivity index (χ1) is 10.1. The lowest BCUT2D eigenvalue weighted by atomic mass is 10.00. The smallest absolute Gasteiger partial charge is 0.230 e. The van der Waals surface area contributed by atoms with E-state index in [1.165, 1.54) is 6.26 Å². The van der Waals surface area contributed by atoms with E-state index < -0.39 is 0 Å². The molecule has 106 valence electrons. The Morgan fingerprint density at radius 1 is 1.29 bits per heavy atom. The van der Waals surface area contributed by atoms with Crippen LogP contribution in [-0.4, -0.2) is 16.8 Å². The van der Waals surface area contributed by atoms with Crippen LogP contribution >= 0.6 is 0 Å². The molecular formula is C17H16N2O2. The summed E-state index contributed by atoms with van der Waals surface area (Å²) in [5.41, 5.74) is 8.02. The predicted octanol–water partition coefficient (Wildman–Crippen LogP) is 2.95. The summed E-state index contributed by atoms with van der Waals surface area (Å²) in [6.07, 6.45) is 2.04. The van der Waals surface area contributed by atoms with E-state index in [-0.39, 0.29) is 11.8 Å². The molecule has 3 aromatic rings. The fourth-order valence-corrected chi connectivity index (χ4v) is 2.35. The Labute approximate surface area is 122 Å². The van der Waals surface area contributed by atoms with Gasteiger partial charge in [-0.15, -0.1) is 0 Å². The molecule has 21 heavy (non-hydrogen) atoms. The van der Waals surface area contributed by atoms with Crippen molar-refractivity contribution in [3.63, 3.8) is 0 Å². The average molecular weight is 280 g/mol. The number of aromatic nitrogens is 1. The van der Waals surface area contributed by atoms with Gasteiger partial charge < -0.3 is 10.2 Å². The third kappa shape index (κ3) is 2.71. The molecule has 0 saturated carbocycles. The molecule has 0 aliphatic carbocycles. The third-order valence-electron chi connectivity index (χ3n) is 3.31. The fraction of sp³-hybridized carbons (Fsp3) is 0.176. The number of hydrogen-bond acceptors (Lipinski definition) is 4. The number of fused-ring (bicyclic) bond motifs is 1. The quantitative estimate of drug-likeness (QED) is 0.746. The van der Waals surface area contributed by atoms with Crippen LogP contribution in [0.5, 0.6) is 0 Å². The minimum Gasteiger partial charge on any atom is -0.461 e. The van der Waals surface area contributed by atoms with Crippen molar-refractivity contribution >= 4 is 16.7 Å². The monoisotopic (exact) mass is 280 g/mol. The maximum Gasteiger partial charge on any atom is 0.230 e. The standard InChI is InChI=1S/C17H16N2O2/c1-11(18)9-15-13(17(20)16-7-4-8-21-16)10-12-5-2-3-6-14(12)19-15/h2-8,10-11H,9,18H2,1H3. The molecular weight excluding hydrogens is 264 g/mol. The van der Waals surface area contributed by atoms with E-state index in [9.17, 15) is 4.79 Å². The van der Waals surface area contributed by atoms with Gasteiger partial charge in [0, 0.05) is 23.4 Å². The van der Waals surface area contributed by atoms with Crippen LogP contribution in [-0.2, 0) is 6.42 Å². The summed E-state index contributed by atoms with van der Waals surface area (Å²) in [6.45, 7) is 1.90. The van der Waals surface area contributed by atoms with E-state index in [0.717, 1.165) is 10.9 Å². The molecule has 4 heteroatoms. The van der Waals surface area contributed by atoms with Gasteiger partial charge in [0.25, 0.3) is 0 Å². The summed E-state index contributed by atoms with van der Waals surface area (Å²) in [6, 6.07) is 12.9. The number of pyridine rings is 1. The van der Waals surface area contributed by atoms with Crippen LogP contribution in [0.2, 0.25) is 0 Å². The van der Waals surface area contributed by atoms with Gasteiger partial charge in [-0.1, -0.05) is 18.2 Å². The highest BCUT2D eigenvalue weighted by atomic mass is 16.3. The minimum atomic E-state index is -0.158. The van der Waals surface area contributed by atoms with Crippen molar-refractivity contribution < 1.29 is 9.21 Å². The Bertz CT molecular complexity index is 777. The van der Waals surface area contributed by atoms with E-state index in [2.05, 4.69) is 4.98 Å². The number of nitrogens with two attached hydrogens (primary N) is 1. The average Bonchev–Trinajstić information content (AvgIpc) is 2.99. The van der Waals surface area contributed by atoms with Gasteiger partial charge in [-0.05, 0) is 31.2 Å². The van der Waals surface area contributed by atoms with E-state index in [0.29, 0.717) is 23.4 Å². The van der Waals surface area contributed by atoms with E-state index in [4.69, 9.17) is 10.2 Å². The van der Waals surface area contributed by atoms with Crippen molar-refractivity contribution in [2.75, 3.05) is 0 Å². The maximum absolute atomic E-state index is 12.6. The van der Waals surface area contributed by atoms with E-state index in [1.54, 1.807) is 12.1 Å². The third-order valence-corrected chi connectivity index (χ3v) is 3.31. The fourth-order valence-electron chi connectivity index (χ4n) is 2.35. The van der Waals surface area contributed by atoms with Gasteiger partial charge >= 0.3 is 0 Å². The molecule has 0 aliphatic rings. The molecule has 2 heterocycles. The Kier molecular flexibility index (Phi) is 3.54. The van der Waals surface area contributed by atoms with Gasteiger partial charge in [0.15, 0.2) is 5.76 Å². The number of carbonyl (C=O) groups is 1. The van der Waals surface area contributed by atoms with Crippen LogP contribution in [0.1, 0.15) is 28.7 Å². The molecule has 0 bridgehead atoms. The van der Waals surface area contributed by atoms with Gasteiger partial charge in [-0.3, -0.25) is 9.78 Å². The number of carbonyl (C=O) groups excluding carboxylic acids is 1. The van der Waals surface area contributed by atoms with Gasteiger partial charge in [-0.25, -0.2) is 0 Å². The Balaban J connectivity index is 2.16. The number of furan rings is 1. The number of hydrogen-bond donors (Lipinski definition) is 1. The first-order valence-corrected chi connectivity index (χ1v) is 6.87. The highest BCUT2D eigenvalue weighted by Crippen LogP contribution is 2.21. The van der Waals surface area contributed by atoms with Crippen LogP contribution in [0.25, 0.3) is 10.9 Å². The number of benzene rings is 1.